The zero-order valence-corrected chi connectivity index (χ0v) is 14.0. The van der Waals surface area contributed by atoms with Gasteiger partial charge in [0, 0.05) is 9.32 Å². The molecule has 0 spiro atoms. The normalized spacial score (nSPS) is 11.6. The highest BCUT2D eigenvalue weighted by atomic mass is 127. The maximum Gasteiger partial charge on any atom is 0.309 e. The Morgan fingerprint density at radius 1 is 1.32 bits per heavy atom. The highest BCUT2D eigenvalue weighted by Gasteiger charge is 2.16. The van der Waals surface area contributed by atoms with Crippen molar-refractivity contribution in [2.24, 2.45) is 0 Å². The van der Waals surface area contributed by atoms with Crippen LogP contribution >= 0.6 is 34.6 Å². The minimum absolute atomic E-state index is 0.0373. The molecule has 1 N–H and O–H groups in total. The molecule has 0 radical (unpaired) electrons. The SMILES string of the molecule is Cc1cc(SOOO)cc(C)c1OS(=O)(=O)CCI. The number of hydrogen-bond acceptors (Lipinski definition) is 7. The zero-order chi connectivity index (χ0) is 14.5. The van der Waals surface area contributed by atoms with Gasteiger partial charge in [0.05, 0.1) is 17.8 Å². The Labute approximate surface area is 129 Å². The Kier molecular flexibility index (Phi) is 6.83. The van der Waals surface area contributed by atoms with Crippen molar-refractivity contribution in [2.75, 3.05) is 10.2 Å². The zero-order valence-electron chi connectivity index (χ0n) is 10.3. The van der Waals surface area contributed by atoms with E-state index in [0.717, 1.165) is 12.0 Å². The van der Waals surface area contributed by atoms with Crippen molar-refractivity contribution in [3.05, 3.63) is 23.3 Å². The molecular weight excluding hydrogens is 407 g/mol. The maximum absolute atomic E-state index is 11.7. The fourth-order valence-electron chi connectivity index (χ4n) is 1.41. The van der Waals surface area contributed by atoms with Crippen LogP contribution < -0.4 is 4.18 Å². The number of rotatable bonds is 7. The van der Waals surface area contributed by atoms with Gasteiger partial charge in [-0.3, -0.25) is 0 Å². The summed E-state index contributed by atoms with van der Waals surface area (Å²) in [5.74, 6) is 0.281. The maximum atomic E-state index is 11.7. The van der Waals surface area contributed by atoms with Gasteiger partial charge in [0.1, 0.15) is 5.75 Å². The molecule has 0 bridgehead atoms. The van der Waals surface area contributed by atoms with E-state index in [4.69, 9.17) is 9.44 Å². The summed E-state index contributed by atoms with van der Waals surface area (Å²) in [7, 11) is -3.57. The largest absolute Gasteiger partial charge is 0.382 e. The lowest BCUT2D eigenvalue weighted by Gasteiger charge is -2.12. The highest BCUT2D eigenvalue weighted by molar-refractivity contribution is 14.1. The second-order valence-corrected chi connectivity index (χ2v) is 7.19. The van der Waals surface area contributed by atoms with Crippen molar-refractivity contribution in [3.63, 3.8) is 0 Å². The number of halogens is 1. The van der Waals surface area contributed by atoms with Gasteiger partial charge < -0.3 is 4.18 Å². The summed E-state index contributed by atoms with van der Waals surface area (Å²) in [5, 5.41) is 11.6. The Balaban J connectivity index is 2.97. The molecule has 0 atom stereocenters. The molecule has 1 aromatic carbocycles. The molecule has 108 valence electrons. The molecule has 0 saturated carbocycles. The first-order valence-corrected chi connectivity index (χ1v) is 8.98. The average Bonchev–Trinajstić information content (AvgIpc) is 2.31. The molecule has 9 heteroatoms. The molecule has 19 heavy (non-hydrogen) atoms. The van der Waals surface area contributed by atoms with Gasteiger partial charge in [-0.2, -0.15) is 8.42 Å². The van der Waals surface area contributed by atoms with E-state index >= 15 is 0 Å². The van der Waals surface area contributed by atoms with Crippen LogP contribution in [0.3, 0.4) is 0 Å². The fourth-order valence-corrected chi connectivity index (χ4v) is 4.37. The van der Waals surface area contributed by atoms with Crippen LogP contribution in [0.2, 0.25) is 0 Å². The molecule has 0 heterocycles. The minimum Gasteiger partial charge on any atom is -0.382 e. The molecule has 0 saturated heterocycles. The van der Waals surface area contributed by atoms with Crippen molar-refractivity contribution < 1.29 is 27.2 Å². The Morgan fingerprint density at radius 2 is 1.89 bits per heavy atom. The summed E-state index contributed by atoms with van der Waals surface area (Å²) in [5.41, 5.74) is 1.31. The van der Waals surface area contributed by atoms with Crippen molar-refractivity contribution in [2.45, 2.75) is 18.7 Å². The third-order valence-electron chi connectivity index (χ3n) is 2.13. The van der Waals surface area contributed by atoms with Gasteiger partial charge in [0.2, 0.25) is 0 Å². The first-order chi connectivity index (χ1) is 8.89. The van der Waals surface area contributed by atoms with Crippen LogP contribution in [0.1, 0.15) is 11.1 Å². The summed E-state index contributed by atoms with van der Waals surface area (Å²) in [6.45, 7) is 3.46. The molecule has 1 aromatic rings. The van der Waals surface area contributed by atoms with Gasteiger partial charge in [-0.05, 0) is 37.1 Å². The monoisotopic (exact) mass is 420 g/mol. The Bertz CT molecular complexity index is 508. The van der Waals surface area contributed by atoms with E-state index in [0.29, 0.717) is 26.2 Å². The van der Waals surface area contributed by atoms with Gasteiger partial charge in [0.25, 0.3) is 0 Å². The average molecular weight is 420 g/mol. The van der Waals surface area contributed by atoms with Crippen molar-refractivity contribution in [1.82, 2.24) is 0 Å². The first-order valence-electron chi connectivity index (χ1n) is 5.13. The van der Waals surface area contributed by atoms with Gasteiger partial charge >= 0.3 is 10.1 Å². The van der Waals surface area contributed by atoms with E-state index in [-0.39, 0.29) is 5.75 Å². The standard InChI is InChI=1S/C10H13IO6S2/c1-7-5-9(18-17-16-12)6-8(2)10(7)15-19(13,14)4-3-11/h5-6,12H,3-4H2,1-2H3. The summed E-state index contributed by atoms with van der Waals surface area (Å²) in [4.78, 5) is 0.655. The summed E-state index contributed by atoms with van der Waals surface area (Å²) >= 11 is 2.78. The molecule has 0 fully saturated rings. The summed E-state index contributed by atoms with van der Waals surface area (Å²) in [6.07, 6.45) is 0. The van der Waals surface area contributed by atoms with Crippen LogP contribution in [0.25, 0.3) is 0 Å². The minimum atomic E-state index is -3.57. The molecule has 0 aliphatic carbocycles. The quantitative estimate of drug-likeness (QED) is 0.181. The van der Waals surface area contributed by atoms with Gasteiger partial charge in [-0.15, -0.1) is 4.33 Å². The van der Waals surface area contributed by atoms with Crippen LogP contribution in [0.15, 0.2) is 17.0 Å². The second kappa shape index (κ2) is 7.64. The molecule has 0 aromatic heterocycles. The van der Waals surface area contributed by atoms with Crippen LogP contribution in [0.5, 0.6) is 5.75 Å². The van der Waals surface area contributed by atoms with Crippen LogP contribution in [0.4, 0.5) is 0 Å². The second-order valence-electron chi connectivity index (χ2n) is 3.65. The van der Waals surface area contributed by atoms with E-state index < -0.39 is 10.1 Å². The molecule has 0 unspecified atom stereocenters. The van der Waals surface area contributed by atoms with Gasteiger partial charge in [0.15, 0.2) is 0 Å². The smallest absolute Gasteiger partial charge is 0.309 e. The number of aryl methyl sites for hydroxylation is 2. The summed E-state index contributed by atoms with van der Waals surface area (Å²) in [6, 6.07) is 3.34. The van der Waals surface area contributed by atoms with Gasteiger partial charge in [-0.1, -0.05) is 27.6 Å². The van der Waals surface area contributed by atoms with Crippen LogP contribution in [-0.2, 0) is 19.5 Å². The van der Waals surface area contributed by atoms with Gasteiger partial charge in [-0.25, -0.2) is 5.26 Å². The van der Waals surface area contributed by atoms with Crippen molar-refractivity contribution in [3.8, 4) is 5.75 Å². The fraction of sp³-hybridized carbons (Fsp3) is 0.400. The highest BCUT2D eigenvalue weighted by Crippen LogP contribution is 2.31. The lowest BCUT2D eigenvalue weighted by molar-refractivity contribution is -0.432. The Morgan fingerprint density at radius 3 is 2.37 bits per heavy atom. The first kappa shape index (κ1) is 17.0. The Hall–Kier alpha value is -0.0700. The van der Waals surface area contributed by atoms with E-state index in [1.165, 1.54) is 0 Å². The third-order valence-corrected chi connectivity index (χ3v) is 5.09. The molecule has 1 rings (SSSR count). The molecule has 0 aliphatic heterocycles. The van der Waals surface area contributed by atoms with Crippen LogP contribution in [0, 0.1) is 13.8 Å². The predicted molar refractivity (Wildman–Crippen MR) is 79.9 cm³/mol. The summed E-state index contributed by atoms with van der Waals surface area (Å²) < 4.78 is 33.2. The third kappa shape index (κ3) is 5.44. The number of alkyl halides is 1. The molecule has 6 nitrogen and oxygen atoms in total. The predicted octanol–water partition coefficient (Wildman–Crippen LogP) is 2.88. The van der Waals surface area contributed by atoms with Crippen LogP contribution in [-0.4, -0.2) is 23.9 Å². The van der Waals surface area contributed by atoms with E-state index in [2.05, 4.69) is 9.37 Å². The molecular formula is C10H13IO6S2. The number of benzene rings is 1. The van der Waals surface area contributed by atoms with E-state index in [1.54, 1.807) is 26.0 Å². The molecule has 0 aliphatic rings. The number of hydrogen-bond donors (Lipinski definition) is 1. The van der Waals surface area contributed by atoms with Crippen molar-refractivity contribution in [1.29, 1.82) is 0 Å². The lowest BCUT2D eigenvalue weighted by atomic mass is 10.1. The lowest BCUT2D eigenvalue weighted by Crippen LogP contribution is -2.15. The van der Waals surface area contributed by atoms with E-state index in [1.807, 2.05) is 22.6 Å². The van der Waals surface area contributed by atoms with Crippen molar-refractivity contribution >= 4 is 44.8 Å². The van der Waals surface area contributed by atoms with E-state index in [9.17, 15) is 8.42 Å². The molecule has 0 amide bonds. The topological polar surface area (TPSA) is 82.1 Å².